The summed E-state index contributed by atoms with van der Waals surface area (Å²) in [6.07, 6.45) is 0.769. The molecule has 0 radical (unpaired) electrons. The number of hydrogen-bond donors (Lipinski definition) is 0. The van der Waals surface area contributed by atoms with Crippen molar-refractivity contribution < 1.29 is 22.4 Å². The van der Waals surface area contributed by atoms with Crippen LogP contribution >= 0.6 is 0 Å². The summed E-state index contributed by atoms with van der Waals surface area (Å²) < 4.78 is 45.8. The predicted octanol–water partition coefficient (Wildman–Crippen LogP) is 4.13. The molecule has 25 heavy (non-hydrogen) atoms. The molecule has 1 saturated heterocycles. The van der Waals surface area contributed by atoms with Crippen LogP contribution < -0.4 is 0 Å². The summed E-state index contributed by atoms with van der Waals surface area (Å²) in [5.41, 5.74) is -0.252. The first-order chi connectivity index (χ1) is 11.8. The van der Waals surface area contributed by atoms with Crippen LogP contribution in [-0.4, -0.2) is 35.1 Å². The topological polar surface area (TPSA) is 46.3 Å². The molecular weight excluding hydrogens is 333 g/mol. The smallest absolute Gasteiger partial charge is 0.392 e. The summed E-state index contributed by atoms with van der Waals surface area (Å²) in [4.78, 5) is 18.7. The molecule has 4 rings (SSSR count). The summed E-state index contributed by atoms with van der Waals surface area (Å²) in [6.45, 7) is 2.03. The number of carbonyl (C=O) groups excluding carboxylic acids is 1. The Hall–Kier alpha value is -1.53. The summed E-state index contributed by atoms with van der Waals surface area (Å²) in [7, 11) is 0. The first-order valence-electron chi connectivity index (χ1n) is 9.11. The van der Waals surface area contributed by atoms with E-state index in [1.807, 2.05) is 0 Å². The quantitative estimate of drug-likeness (QED) is 0.818. The average molecular weight is 356 g/mol. The van der Waals surface area contributed by atoms with E-state index < -0.39 is 17.5 Å². The molecule has 138 valence electrons. The Bertz CT molecular complexity index is 674. The van der Waals surface area contributed by atoms with Gasteiger partial charge in [0.25, 0.3) is 5.91 Å². The predicted molar refractivity (Wildman–Crippen MR) is 84.0 cm³/mol. The van der Waals surface area contributed by atoms with Gasteiger partial charge in [-0.15, -0.1) is 0 Å². The zero-order valence-corrected chi connectivity index (χ0v) is 14.4. The Kier molecular flexibility index (Phi) is 3.88. The highest BCUT2D eigenvalue weighted by atomic mass is 19.4. The molecule has 2 saturated carbocycles. The van der Waals surface area contributed by atoms with Crippen LogP contribution in [0.5, 0.6) is 0 Å². The number of piperidine rings is 1. The van der Waals surface area contributed by atoms with Gasteiger partial charge in [0.1, 0.15) is 0 Å². The highest BCUT2D eigenvalue weighted by Crippen LogP contribution is 2.56. The minimum absolute atomic E-state index is 0.0165. The van der Waals surface area contributed by atoms with Crippen LogP contribution in [0.4, 0.5) is 13.2 Å². The number of aromatic nitrogens is 1. The number of rotatable bonds is 3. The van der Waals surface area contributed by atoms with Gasteiger partial charge in [0.15, 0.2) is 5.89 Å². The molecule has 0 bridgehead atoms. The third-order valence-electron chi connectivity index (χ3n) is 6.16. The largest absolute Gasteiger partial charge is 0.435 e. The summed E-state index contributed by atoms with van der Waals surface area (Å²) in [5, 5.41) is 0. The standard InChI is InChI=1S/C18H23F3N2O2/c1-11-15(25-14(22-11)9-12-3-4-12)16(24)23-8-5-13(18(19,20)21)17(10-23)6-2-7-17/h12-13H,2-10H2,1H3. The first-order valence-corrected chi connectivity index (χ1v) is 9.11. The molecule has 1 spiro atoms. The van der Waals surface area contributed by atoms with E-state index >= 15 is 0 Å². The van der Waals surface area contributed by atoms with Gasteiger partial charge in [-0.3, -0.25) is 4.79 Å². The average Bonchev–Trinajstić information content (AvgIpc) is 3.25. The van der Waals surface area contributed by atoms with Crippen molar-refractivity contribution in [2.45, 2.75) is 58.0 Å². The van der Waals surface area contributed by atoms with Crippen LogP contribution in [0.25, 0.3) is 0 Å². The van der Waals surface area contributed by atoms with E-state index in [1.165, 1.54) is 0 Å². The summed E-state index contributed by atoms with van der Waals surface area (Å²) in [5.74, 6) is -0.220. The number of oxazole rings is 1. The molecule has 2 heterocycles. The second kappa shape index (κ2) is 5.74. The number of hydrogen-bond acceptors (Lipinski definition) is 3. The molecule has 1 amide bonds. The van der Waals surface area contributed by atoms with Crippen molar-refractivity contribution in [2.24, 2.45) is 17.3 Å². The van der Waals surface area contributed by atoms with E-state index in [1.54, 1.807) is 11.8 Å². The summed E-state index contributed by atoms with van der Waals surface area (Å²) >= 11 is 0. The van der Waals surface area contributed by atoms with E-state index in [2.05, 4.69) is 4.98 Å². The number of alkyl halides is 3. The Morgan fingerprint density at radius 2 is 2.04 bits per heavy atom. The Morgan fingerprint density at radius 1 is 1.32 bits per heavy atom. The van der Waals surface area contributed by atoms with Gasteiger partial charge in [-0.05, 0) is 50.4 Å². The fourth-order valence-electron chi connectivity index (χ4n) is 4.43. The van der Waals surface area contributed by atoms with Gasteiger partial charge in [0, 0.05) is 19.5 Å². The van der Waals surface area contributed by atoms with Gasteiger partial charge in [-0.2, -0.15) is 13.2 Å². The third kappa shape index (κ3) is 3.06. The molecule has 3 aliphatic rings. The van der Waals surface area contributed by atoms with Gasteiger partial charge >= 0.3 is 6.18 Å². The highest BCUT2D eigenvalue weighted by Gasteiger charge is 2.58. The maximum atomic E-state index is 13.4. The Morgan fingerprint density at radius 3 is 2.60 bits per heavy atom. The molecule has 1 aliphatic heterocycles. The van der Waals surface area contributed by atoms with Crippen LogP contribution in [0.15, 0.2) is 4.42 Å². The molecule has 4 nitrogen and oxygen atoms in total. The van der Waals surface area contributed by atoms with Crippen LogP contribution in [0.3, 0.4) is 0 Å². The lowest BCUT2D eigenvalue weighted by Gasteiger charge is -2.53. The summed E-state index contributed by atoms with van der Waals surface area (Å²) in [6, 6.07) is 0. The van der Waals surface area contributed by atoms with Gasteiger partial charge in [-0.1, -0.05) is 6.42 Å². The van der Waals surface area contributed by atoms with Crippen LogP contribution in [0.2, 0.25) is 0 Å². The van der Waals surface area contributed by atoms with E-state index in [0.717, 1.165) is 25.7 Å². The second-order valence-electron chi connectivity index (χ2n) is 8.00. The second-order valence-corrected chi connectivity index (χ2v) is 8.00. The maximum Gasteiger partial charge on any atom is 0.392 e. The number of halogens is 3. The van der Waals surface area contributed by atoms with Crippen molar-refractivity contribution in [1.29, 1.82) is 0 Å². The molecular formula is C18H23F3N2O2. The molecule has 3 fully saturated rings. The van der Waals surface area contributed by atoms with Crippen molar-refractivity contribution in [1.82, 2.24) is 9.88 Å². The minimum Gasteiger partial charge on any atom is -0.435 e. The fourth-order valence-corrected chi connectivity index (χ4v) is 4.43. The molecule has 0 N–H and O–H groups in total. The first kappa shape index (κ1) is 16.9. The molecule has 2 aliphatic carbocycles. The monoisotopic (exact) mass is 356 g/mol. The lowest BCUT2D eigenvalue weighted by Crippen LogP contribution is -2.57. The molecule has 1 atom stereocenters. The van der Waals surface area contributed by atoms with Gasteiger partial charge in [0.2, 0.25) is 5.76 Å². The molecule has 7 heteroatoms. The van der Waals surface area contributed by atoms with Crippen molar-refractivity contribution >= 4 is 5.91 Å². The van der Waals surface area contributed by atoms with E-state index in [0.29, 0.717) is 30.3 Å². The van der Waals surface area contributed by atoms with Crippen LogP contribution in [0, 0.1) is 24.2 Å². The lowest BCUT2D eigenvalue weighted by atomic mass is 9.58. The fraction of sp³-hybridized carbons (Fsp3) is 0.778. The minimum atomic E-state index is -4.19. The molecule has 0 aromatic carbocycles. The number of carbonyl (C=O) groups is 1. The van der Waals surface area contributed by atoms with E-state index in [9.17, 15) is 18.0 Å². The van der Waals surface area contributed by atoms with Crippen molar-refractivity contribution in [3.8, 4) is 0 Å². The number of aryl methyl sites for hydroxylation is 1. The maximum absolute atomic E-state index is 13.4. The van der Waals surface area contributed by atoms with E-state index in [4.69, 9.17) is 4.42 Å². The SMILES string of the molecule is Cc1nc(CC2CC2)oc1C(=O)N1CCC(C(F)(F)F)C2(CCC2)C1. The zero-order valence-electron chi connectivity index (χ0n) is 14.4. The molecule has 1 aromatic heterocycles. The molecule has 1 aromatic rings. The number of amides is 1. The van der Waals surface area contributed by atoms with Crippen LogP contribution in [-0.2, 0) is 6.42 Å². The van der Waals surface area contributed by atoms with Gasteiger partial charge in [0.05, 0.1) is 11.6 Å². The zero-order chi connectivity index (χ0) is 17.8. The number of likely N-dealkylation sites (tertiary alicyclic amines) is 1. The van der Waals surface area contributed by atoms with Crippen LogP contribution in [0.1, 0.15) is 60.7 Å². The van der Waals surface area contributed by atoms with E-state index in [-0.39, 0.29) is 31.2 Å². The van der Waals surface area contributed by atoms with Gasteiger partial charge < -0.3 is 9.32 Å². The Labute approximate surface area is 144 Å². The Balaban J connectivity index is 1.50. The third-order valence-corrected chi connectivity index (χ3v) is 6.16. The van der Waals surface area contributed by atoms with Crippen molar-refractivity contribution in [2.75, 3.05) is 13.1 Å². The lowest BCUT2D eigenvalue weighted by molar-refractivity contribution is -0.235. The molecule has 1 unspecified atom stereocenters. The normalized spacial score (nSPS) is 25.9. The number of nitrogens with zero attached hydrogens (tertiary/aromatic N) is 2. The van der Waals surface area contributed by atoms with Gasteiger partial charge in [-0.25, -0.2) is 4.98 Å². The van der Waals surface area contributed by atoms with Crippen molar-refractivity contribution in [3.05, 3.63) is 17.3 Å². The van der Waals surface area contributed by atoms with Crippen molar-refractivity contribution in [3.63, 3.8) is 0 Å². The highest BCUT2D eigenvalue weighted by molar-refractivity contribution is 5.92.